The van der Waals surface area contributed by atoms with Gasteiger partial charge in [-0.2, -0.15) is 0 Å². The molecule has 0 aliphatic heterocycles. The molecule has 15 heavy (non-hydrogen) atoms. The molecule has 5 nitrogen and oxygen atoms in total. The monoisotopic (exact) mass is 211 g/mol. The predicted molar refractivity (Wildman–Crippen MR) is 53.9 cm³/mol. The highest BCUT2D eigenvalue weighted by atomic mass is 16.5. The second-order valence-corrected chi connectivity index (χ2v) is 2.83. The van der Waals surface area contributed by atoms with E-state index in [2.05, 4.69) is 4.74 Å². The predicted octanol–water partition coefficient (Wildman–Crippen LogP) is 1.30. The lowest BCUT2D eigenvalue weighted by atomic mass is 10.2. The van der Waals surface area contributed by atoms with Crippen molar-refractivity contribution in [2.24, 2.45) is 5.73 Å². The minimum absolute atomic E-state index is 0.100. The molecule has 0 aliphatic carbocycles. The Hall–Kier alpha value is -1.91. The van der Waals surface area contributed by atoms with Crippen molar-refractivity contribution in [2.75, 3.05) is 14.2 Å². The summed E-state index contributed by atoms with van der Waals surface area (Å²) in [6.45, 7) is 0.100. The third-order valence-electron chi connectivity index (χ3n) is 1.79. The highest BCUT2D eigenvalue weighted by molar-refractivity contribution is 5.64. The van der Waals surface area contributed by atoms with Crippen LogP contribution >= 0.6 is 0 Å². The Morgan fingerprint density at radius 3 is 2.13 bits per heavy atom. The third-order valence-corrected chi connectivity index (χ3v) is 1.79. The molecule has 5 heteroatoms. The number of benzene rings is 1. The van der Waals surface area contributed by atoms with Gasteiger partial charge in [0.1, 0.15) is 18.1 Å². The van der Waals surface area contributed by atoms with Crippen LogP contribution in [0.25, 0.3) is 0 Å². The van der Waals surface area contributed by atoms with Crippen LogP contribution in [0.3, 0.4) is 0 Å². The number of rotatable bonds is 4. The first kappa shape index (κ1) is 11.2. The van der Waals surface area contributed by atoms with E-state index in [-0.39, 0.29) is 6.61 Å². The van der Waals surface area contributed by atoms with Crippen LogP contribution in [0.4, 0.5) is 4.79 Å². The summed E-state index contributed by atoms with van der Waals surface area (Å²) in [5.74, 6) is 1.27. The Labute approximate surface area is 87.7 Å². The minimum Gasteiger partial charge on any atom is -0.497 e. The molecule has 0 bridgehead atoms. The van der Waals surface area contributed by atoms with Gasteiger partial charge in [-0.05, 0) is 17.7 Å². The van der Waals surface area contributed by atoms with E-state index in [0.29, 0.717) is 11.5 Å². The Bertz CT molecular complexity index is 329. The fourth-order valence-electron chi connectivity index (χ4n) is 1.10. The van der Waals surface area contributed by atoms with Gasteiger partial charge in [-0.25, -0.2) is 4.79 Å². The fourth-order valence-corrected chi connectivity index (χ4v) is 1.10. The molecule has 0 spiro atoms. The standard InChI is InChI=1S/C10H13NO4/c1-13-8-3-7(6-15-10(11)12)4-9(5-8)14-2/h3-5H,6H2,1-2H3,(H2,11,12). The average Bonchev–Trinajstić information content (AvgIpc) is 2.25. The third kappa shape index (κ3) is 3.38. The van der Waals surface area contributed by atoms with E-state index in [1.165, 1.54) is 0 Å². The highest BCUT2D eigenvalue weighted by Crippen LogP contribution is 2.22. The lowest BCUT2D eigenvalue weighted by Gasteiger charge is -2.08. The van der Waals surface area contributed by atoms with Gasteiger partial charge in [0.15, 0.2) is 0 Å². The van der Waals surface area contributed by atoms with Gasteiger partial charge in [0, 0.05) is 6.07 Å². The molecule has 0 saturated heterocycles. The van der Waals surface area contributed by atoms with Crippen LogP contribution in [0.1, 0.15) is 5.56 Å². The molecule has 0 aromatic heterocycles. The summed E-state index contributed by atoms with van der Waals surface area (Å²) >= 11 is 0. The summed E-state index contributed by atoms with van der Waals surface area (Å²) in [5.41, 5.74) is 5.61. The molecule has 0 aliphatic rings. The first-order valence-corrected chi connectivity index (χ1v) is 4.30. The van der Waals surface area contributed by atoms with E-state index in [1.807, 2.05) is 0 Å². The molecule has 1 aromatic carbocycles. The maximum Gasteiger partial charge on any atom is 0.404 e. The number of methoxy groups -OCH3 is 2. The lowest BCUT2D eigenvalue weighted by Crippen LogP contribution is -2.12. The van der Waals surface area contributed by atoms with Gasteiger partial charge in [-0.1, -0.05) is 0 Å². The summed E-state index contributed by atoms with van der Waals surface area (Å²) in [7, 11) is 3.10. The average molecular weight is 211 g/mol. The molecule has 2 N–H and O–H groups in total. The molecule has 0 atom stereocenters. The quantitative estimate of drug-likeness (QED) is 0.814. The summed E-state index contributed by atoms with van der Waals surface area (Å²) in [4.78, 5) is 10.4. The van der Waals surface area contributed by atoms with Crippen molar-refractivity contribution < 1.29 is 19.0 Å². The van der Waals surface area contributed by atoms with Gasteiger partial charge >= 0.3 is 6.09 Å². The van der Waals surface area contributed by atoms with Gasteiger partial charge in [0.25, 0.3) is 0 Å². The van der Waals surface area contributed by atoms with Crippen molar-refractivity contribution in [1.82, 2.24) is 0 Å². The van der Waals surface area contributed by atoms with E-state index in [9.17, 15) is 4.79 Å². The van der Waals surface area contributed by atoms with Crippen molar-refractivity contribution in [3.8, 4) is 11.5 Å². The van der Waals surface area contributed by atoms with Gasteiger partial charge in [0.05, 0.1) is 14.2 Å². The van der Waals surface area contributed by atoms with Crippen LogP contribution in [0, 0.1) is 0 Å². The molecular weight excluding hydrogens is 198 g/mol. The smallest absolute Gasteiger partial charge is 0.404 e. The van der Waals surface area contributed by atoms with E-state index in [4.69, 9.17) is 15.2 Å². The normalized spacial score (nSPS) is 9.47. The van der Waals surface area contributed by atoms with Crippen LogP contribution in [-0.2, 0) is 11.3 Å². The maximum absolute atomic E-state index is 10.4. The van der Waals surface area contributed by atoms with Crippen LogP contribution in [0.5, 0.6) is 11.5 Å². The van der Waals surface area contributed by atoms with Crippen molar-refractivity contribution in [3.05, 3.63) is 23.8 Å². The SMILES string of the molecule is COc1cc(COC(N)=O)cc(OC)c1. The van der Waals surface area contributed by atoms with Crippen LogP contribution < -0.4 is 15.2 Å². The molecule has 0 heterocycles. The van der Waals surface area contributed by atoms with Crippen molar-refractivity contribution in [3.63, 3.8) is 0 Å². The number of carbonyl (C=O) groups excluding carboxylic acids is 1. The van der Waals surface area contributed by atoms with Gasteiger partial charge in [-0.3, -0.25) is 0 Å². The lowest BCUT2D eigenvalue weighted by molar-refractivity contribution is 0.150. The number of primary amides is 1. The zero-order valence-electron chi connectivity index (χ0n) is 8.65. The van der Waals surface area contributed by atoms with Crippen LogP contribution in [0.15, 0.2) is 18.2 Å². The fraction of sp³-hybridized carbons (Fsp3) is 0.300. The van der Waals surface area contributed by atoms with Crippen molar-refractivity contribution >= 4 is 6.09 Å². The number of carbonyl (C=O) groups is 1. The summed E-state index contributed by atoms with van der Waals surface area (Å²) in [6.07, 6.45) is -0.809. The van der Waals surface area contributed by atoms with E-state index < -0.39 is 6.09 Å². The Morgan fingerprint density at radius 2 is 1.73 bits per heavy atom. The Kier molecular flexibility index (Phi) is 3.79. The molecule has 1 rings (SSSR count). The van der Waals surface area contributed by atoms with Gasteiger partial charge in [-0.15, -0.1) is 0 Å². The van der Waals surface area contributed by atoms with E-state index >= 15 is 0 Å². The maximum atomic E-state index is 10.4. The topological polar surface area (TPSA) is 70.8 Å². The van der Waals surface area contributed by atoms with Crippen LogP contribution in [0.2, 0.25) is 0 Å². The Morgan fingerprint density at radius 1 is 1.20 bits per heavy atom. The van der Waals surface area contributed by atoms with E-state index in [0.717, 1.165) is 5.56 Å². The Balaban J connectivity index is 2.81. The number of amides is 1. The van der Waals surface area contributed by atoms with Crippen LogP contribution in [-0.4, -0.2) is 20.3 Å². The van der Waals surface area contributed by atoms with Crippen molar-refractivity contribution in [1.29, 1.82) is 0 Å². The summed E-state index contributed by atoms with van der Waals surface area (Å²) in [5, 5.41) is 0. The second kappa shape index (κ2) is 5.09. The second-order valence-electron chi connectivity index (χ2n) is 2.83. The molecule has 82 valence electrons. The highest BCUT2D eigenvalue weighted by Gasteiger charge is 2.03. The minimum atomic E-state index is -0.809. The molecule has 0 fully saturated rings. The molecule has 0 radical (unpaired) electrons. The van der Waals surface area contributed by atoms with E-state index in [1.54, 1.807) is 32.4 Å². The zero-order chi connectivity index (χ0) is 11.3. The number of hydrogen-bond acceptors (Lipinski definition) is 4. The first-order chi connectivity index (χ1) is 7.15. The molecule has 1 aromatic rings. The summed E-state index contributed by atoms with van der Waals surface area (Å²) in [6, 6.07) is 5.21. The zero-order valence-corrected chi connectivity index (χ0v) is 8.65. The molecular formula is C10H13NO4. The largest absolute Gasteiger partial charge is 0.497 e. The van der Waals surface area contributed by atoms with Gasteiger partial charge in [0.2, 0.25) is 0 Å². The first-order valence-electron chi connectivity index (χ1n) is 4.30. The molecule has 1 amide bonds. The molecule has 0 saturated carbocycles. The summed E-state index contributed by atoms with van der Waals surface area (Å²) < 4.78 is 14.8. The number of hydrogen-bond donors (Lipinski definition) is 1. The van der Waals surface area contributed by atoms with Gasteiger partial charge < -0.3 is 19.9 Å². The van der Waals surface area contributed by atoms with Crippen molar-refractivity contribution in [2.45, 2.75) is 6.61 Å². The number of nitrogens with two attached hydrogens (primary N) is 1. The molecule has 0 unspecified atom stereocenters. The number of ether oxygens (including phenoxy) is 3.